The van der Waals surface area contributed by atoms with Gasteiger partial charge in [-0.1, -0.05) is 60.7 Å². The lowest BCUT2D eigenvalue weighted by Gasteiger charge is -2.28. The van der Waals surface area contributed by atoms with Crippen LogP contribution in [0.5, 0.6) is 0 Å². The molecule has 1 heterocycles. The molecular weight excluding hydrogens is 413 g/mol. The Morgan fingerprint density at radius 1 is 0.903 bits per heavy atom. The van der Waals surface area contributed by atoms with E-state index in [4.69, 9.17) is 0 Å². The van der Waals surface area contributed by atoms with Crippen LogP contribution in [0.1, 0.15) is 5.56 Å². The van der Waals surface area contributed by atoms with E-state index in [2.05, 4.69) is 0 Å². The van der Waals surface area contributed by atoms with E-state index >= 15 is 0 Å². The summed E-state index contributed by atoms with van der Waals surface area (Å²) < 4.78 is 72.4. The summed E-state index contributed by atoms with van der Waals surface area (Å²) in [6, 6.07) is 17.7. The van der Waals surface area contributed by atoms with E-state index in [1.165, 1.54) is 13.0 Å². The van der Waals surface area contributed by atoms with Crippen molar-refractivity contribution in [2.24, 2.45) is 0 Å². The lowest BCUT2D eigenvalue weighted by molar-refractivity contribution is -0.0227. The molecule has 4 rings (SSSR count). The lowest BCUT2D eigenvalue weighted by atomic mass is 9.98. The molecule has 0 radical (unpaired) electrons. The molecule has 1 atom stereocenters. The van der Waals surface area contributed by atoms with Crippen molar-refractivity contribution < 1.29 is 22.0 Å². The Kier molecular flexibility index (Phi) is 5.13. The first-order valence-electron chi connectivity index (χ1n) is 9.40. The van der Waals surface area contributed by atoms with Crippen molar-refractivity contribution >= 4 is 5.70 Å². The largest absolute Gasteiger partial charge is 0.306 e. The summed E-state index contributed by atoms with van der Waals surface area (Å²) in [5, 5.41) is 0. The minimum Gasteiger partial charge on any atom is -0.306 e. The van der Waals surface area contributed by atoms with Gasteiger partial charge in [0.05, 0.1) is 17.1 Å². The van der Waals surface area contributed by atoms with Crippen LogP contribution in [0.2, 0.25) is 0 Å². The fourth-order valence-corrected chi connectivity index (χ4v) is 3.60. The van der Waals surface area contributed by atoms with Crippen molar-refractivity contribution in [1.29, 1.82) is 0 Å². The Morgan fingerprint density at radius 2 is 1.45 bits per heavy atom. The second kappa shape index (κ2) is 7.65. The number of hydrogen-bond donors (Lipinski definition) is 0. The summed E-state index contributed by atoms with van der Waals surface area (Å²) in [5.74, 6) is -8.19. The predicted molar refractivity (Wildman–Crippen MR) is 110 cm³/mol. The topological polar surface area (TPSA) is 22.0 Å². The van der Waals surface area contributed by atoms with Crippen molar-refractivity contribution in [1.82, 2.24) is 4.57 Å². The molecule has 1 aliphatic rings. The zero-order chi connectivity index (χ0) is 22.3. The molecule has 31 heavy (non-hydrogen) atoms. The number of pyridine rings is 1. The standard InChI is InChI=1S/C24H16F5NO/c1-14-19(31)12-17(15-8-4-2-5-9-15)30(22(14)16-10-6-3-7-11-16)18-13-24(28,29)23(27)21(26)20(18)25/h2-13,23H,1H3. The van der Waals surface area contributed by atoms with Gasteiger partial charge in [-0.3, -0.25) is 4.79 Å². The molecule has 2 nitrogen and oxygen atoms in total. The van der Waals surface area contributed by atoms with Crippen LogP contribution in [0.25, 0.3) is 28.2 Å². The zero-order valence-corrected chi connectivity index (χ0v) is 16.3. The van der Waals surface area contributed by atoms with Crippen LogP contribution in [-0.2, 0) is 0 Å². The molecule has 0 bridgehead atoms. The minimum atomic E-state index is -4.27. The van der Waals surface area contributed by atoms with Gasteiger partial charge >= 0.3 is 5.92 Å². The van der Waals surface area contributed by atoms with Gasteiger partial charge in [-0.2, -0.15) is 8.78 Å². The van der Waals surface area contributed by atoms with Crippen LogP contribution in [0.4, 0.5) is 22.0 Å². The van der Waals surface area contributed by atoms with Crippen molar-refractivity contribution in [3.63, 3.8) is 0 Å². The lowest BCUT2D eigenvalue weighted by Crippen LogP contribution is -2.33. The maximum absolute atomic E-state index is 14.9. The molecule has 1 aromatic heterocycles. The summed E-state index contributed by atoms with van der Waals surface area (Å²) in [6.45, 7) is 1.47. The molecule has 0 saturated heterocycles. The van der Waals surface area contributed by atoms with Gasteiger partial charge in [0.25, 0.3) is 0 Å². The number of aromatic nitrogens is 1. The van der Waals surface area contributed by atoms with Crippen LogP contribution >= 0.6 is 0 Å². The highest BCUT2D eigenvalue weighted by Crippen LogP contribution is 2.43. The highest BCUT2D eigenvalue weighted by Gasteiger charge is 2.48. The van der Waals surface area contributed by atoms with Crippen molar-refractivity contribution in [3.8, 4) is 22.5 Å². The first kappa shape index (κ1) is 20.8. The second-order valence-corrected chi connectivity index (χ2v) is 7.16. The molecular formula is C24H16F5NO. The predicted octanol–water partition coefficient (Wildman–Crippen LogP) is 6.47. The van der Waals surface area contributed by atoms with Gasteiger partial charge in [0.15, 0.2) is 17.1 Å². The fourth-order valence-electron chi connectivity index (χ4n) is 3.60. The van der Waals surface area contributed by atoms with E-state index in [0.29, 0.717) is 11.1 Å². The normalized spacial score (nSPS) is 18.1. The van der Waals surface area contributed by atoms with Gasteiger partial charge in [0.1, 0.15) is 0 Å². The second-order valence-electron chi connectivity index (χ2n) is 7.16. The third kappa shape index (κ3) is 3.50. The highest BCUT2D eigenvalue weighted by atomic mass is 19.3. The smallest absolute Gasteiger partial charge is 0.306 e. The summed E-state index contributed by atoms with van der Waals surface area (Å²) in [5.41, 5.74) is -0.119. The molecule has 1 unspecified atom stereocenters. The monoisotopic (exact) mass is 429 g/mol. The van der Waals surface area contributed by atoms with E-state index in [9.17, 15) is 26.7 Å². The molecule has 1 aliphatic carbocycles. The zero-order valence-electron chi connectivity index (χ0n) is 16.3. The van der Waals surface area contributed by atoms with Gasteiger partial charge in [0.2, 0.25) is 6.17 Å². The van der Waals surface area contributed by atoms with E-state index < -0.39 is 34.9 Å². The van der Waals surface area contributed by atoms with E-state index in [-0.39, 0.29) is 23.0 Å². The first-order valence-corrected chi connectivity index (χ1v) is 9.40. The number of benzene rings is 2. The molecule has 7 heteroatoms. The molecule has 3 aromatic rings. The van der Waals surface area contributed by atoms with Crippen LogP contribution < -0.4 is 5.43 Å². The maximum Gasteiger partial charge on any atom is 0.306 e. The average Bonchev–Trinajstić information content (AvgIpc) is 2.78. The van der Waals surface area contributed by atoms with Crippen LogP contribution in [-0.4, -0.2) is 16.7 Å². The first-order chi connectivity index (χ1) is 14.7. The van der Waals surface area contributed by atoms with E-state index in [1.807, 2.05) is 0 Å². The summed E-state index contributed by atoms with van der Waals surface area (Å²) in [4.78, 5) is 12.7. The quantitative estimate of drug-likeness (QED) is 0.438. The van der Waals surface area contributed by atoms with Crippen molar-refractivity contribution in [2.45, 2.75) is 19.0 Å². The molecule has 2 aromatic carbocycles. The fraction of sp³-hybridized carbons (Fsp3) is 0.125. The van der Waals surface area contributed by atoms with Gasteiger partial charge in [0, 0.05) is 17.7 Å². The molecule has 0 N–H and O–H groups in total. The Labute approximate surface area is 174 Å². The van der Waals surface area contributed by atoms with E-state index in [0.717, 1.165) is 4.57 Å². The van der Waals surface area contributed by atoms with Crippen molar-refractivity contribution in [2.75, 3.05) is 0 Å². The number of rotatable bonds is 3. The van der Waals surface area contributed by atoms with Crippen LogP contribution in [0.3, 0.4) is 0 Å². The van der Waals surface area contributed by atoms with Gasteiger partial charge in [-0.15, -0.1) is 0 Å². The average molecular weight is 429 g/mol. The Balaban J connectivity index is 2.17. The van der Waals surface area contributed by atoms with E-state index in [1.54, 1.807) is 60.7 Å². The van der Waals surface area contributed by atoms with Gasteiger partial charge < -0.3 is 4.57 Å². The number of halogens is 5. The maximum atomic E-state index is 14.9. The Morgan fingerprint density at radius 3 is 2.03 bits per heavy atom. The summed E-state index contributed by atoms with van der Waals surface area (Å²) in [6.07, 6.45) is -3.35. The number of alkyl halides is 3. The molecule has 0 saturated carbocycles. The van der Waals surface area contributed by atoms with Crippen LogP contribution in [0, 0.1) is 6.92 Å². The molecule has 0 amide bonds. The van der Waals surface area contributed by atoms with Gasteiger partial charge in [-0.05, 0) is 18.1 Å². The molecule has 0 fully saturated rings. The number of hydrogen-bond acceptors (Lipinski definition) is 1. The SMILES string of the molecule is Cc1c(-c2ccccc2)n(C2=CC(F)(F)C(F)C(F)=C2F)c(-c2ccccc2)cc1=O. The third-order valence-corrected chi connectivity index (χ3v) is 5.14. The third-order valence-electron chi connectivity index (χ3n) is 5.14. The molecule has 0 aliphatic heterocycles. The van der Waals surface area contributed by atoms with Gasteiger partial charge in [-0.25, -0.2) is 13.2 Å². The molecule has 0 spiro atoms. The summed E-state index contributed by atoms with van der Waals surface area (Å²) >= 11 is 0. The Bertz CT molecular complexity index is 1260. The van der Waals surface area contributed by atoms with Crippen LogP contribution in [0.15, 0.2) is 89.3 Å². The highest BCUT2D eigenvalue weighted by molar-refractivity contribution is 5.81. The Hall–Kier alpha value is -3.48. The van der Waals surface area contributed by atoms with Crippen molar-refractivity contribution in [3.05, 3.63) is 100 Å². The minimum absolute atomic E-state index is 0.0670. The number of allylic oxidation sites excluding steroid dienone is 4. The molecule has 158 valence electrons. The number of nitrogens with zero attached hydrogens (tertiary/aromatic N) is 1. The summed E-state index contributed by atoms with van der Waals surface area (Å²) in [7, 11) is 0.